The van der Waals surface area contributed by atoms with E-state index in [4.69, 9.17) is 18.4 Å². The number of aliphatic hydroxyl groups is 1. The lowest BCUT2D eigenvalue weighted by molar-refractivity contribution is -0.161. The third kappa shape index (κ3) is 3.48. The monoisotopic (exact) mass is 376 g/mol. The van der Waals surface area contributed by atoms with E-state index in [1.165, 1.54) is 0 Å². The molecular weight excluding hydrogens is 352 g/mol. The molecule has 1 heterocycles. The van der Waals surface area contributed by atoms with Crippen LogP contribution in [0.2, 0.25) is 0 Å². The second-order valence-corrected chi connectivity index (χ2v) is 9.12. The number of fused-ring (bicyclic) bond motifs is 1. The van der Waals surface area contributed by atoms with E-state index in [1.807, 2.05) is 6.92 Å². The smallest absolute Gasteiger partial charge is 0.332 e. The van der Waals surface area contributed by atoms with Crippen molar-refractivity contribution in [3.05, 3.63) is 12.2 Å². The van der Waals surface area contributed by atoms with Gasteiger partial charge in [-0.05, 0) is 30.8 Å². The molecule has 6 unspecified atom stereocenters. The fraction of sp³-hybridized carbons (Fsp3) is 0.812. The van der Waals surface area contributed by atoms with E-state index >= 15 is 0 Å². The Morgan fingerprint density at radius 2 is 2.12 bits per heavy atom. The molecule has 0 spiro atoms. The van der Waals surface area contributed by atoms with Crippen molar-refractivity contribution < 1.29 is 36.7 Å². The van der Waals surface area contributed by atoms with Gasteiger partial charge in [-0.3, -0.25) is 4.18 Å². The highest BCUT2D eigenvalue weighted by atomic mass is 32.2. The van der Waals surface area contributed by atoms with E-state index in [1.54, 1.807) is 6.92 Å². The summed E-state index contributed by atoms with van der Waals surface area (Å²) in [5, 5.41) is 8.96. The highest BCUT2D eigenvalue weighted by molar-refractivity contribution is 7.87. The normalized spacial score (nSPS) is 38.7. The molecule has 1 aliphatic heterocycles. The van der Waals surface area contributed by atoms with Crippen LogP contribution in [-0.2, 0) is 33.3 Å². The molecule has 3 fully saturated rings. The van der Waals surface area contributed by atoms with Crippen LogP contribution in [0.1, 0.15) is 26.7 Å². The maximum absolute atomic E-state index is 12.0. The van der Waals surface area contributed by atoms with Crippen molar-refractivity contribution in [3.8, 4) is 0 Å². The number of rotatable bonds is 8. The average molecular weight is 376 g/mol. The first-order chi connectivity index (χ1) is 11.6. The van der Waals surface area contributed by atoms with Gasteiger partial charge in [-0.2, -0.15) is 8.42 Å². The van der Waals surface area contributed by atoms with Crippen molar-refractivity contribution in [2.45, 2.75) is 50.4 Å². The molecule has 0 radical (unpaired) electrons. The summed E-state index contributed by atoms with van der Waals surface area (Å²) < 4.78 is 44.9. The molecule has 0 aromatic carbocycles. The molecule has 25 heavy (non-hydrogen) atoms. The first kappa shape index (κ1) is 18.8. The van der Waals surface area contributed by atoms with Crippen LogP contribution in [0.25, 0.3) is 0 Å². The fourth-order valence-electron chi connectivity index (χ4n) is 4.17. The molecule has 1 N–H and O–H groups in total. The summed E-state index contributed by atoms with van der Waals surface area (Å²) in [4.78, 5) is 11.5. The predicted molar refractivity (Wildman–Crippen MR) is 85.9 cm³/mol. The zero-order chi connectivity index (χ0) is 18.4. The second-order valence-electron chi connectivity index (χ2n) is 7.34. The van der Waals surface area contributed by atoms with Crippen molar-refractivity contribution in [1.29, 1.82) is 0 Å². The maximum Gasteiger partial charge on any atom is 0.332 e. The Bertz CT molecular complexity index is 659. The molecule has 6 atom stereocenters. The van der Waals surface area contributed by atoms with Crippen molar-refractivity contribution in [2.75, 3.05) is 19.8 Å². The van der Waals surface area contributed by atoms with Gasteiger partial charge in [0.25, 0.3) is 10.1 Å². The van der Waals surface area contributed by atoms with Crippen molar-refractivity contribution >= 4 is 16.1 Å². The number of ether oxygens (including phenoxy) is 3. The second kappa shape index (κ2) is 6.62. The van der Waals surface area contributed by atoms with Crippen LogP contribution in [0.5, 0.6) is 0 Å². The molecule has 0 aromatic heterocycles. The minimum absolute atomic E-state index is 0.000388. The van der Waals surface area contributed by atoms with Crippen LogP contribution >= 0.6 is 0 Å². The zero-order valence-electron chi connectivity index (χ0n) is 14.3. The molecule has 8 nitrogen and oxygen atoms in total. The minimum Gasteiger partial charge on any atom is -0.462 e. The van der Waals surface area contributed by atoms with Gasteiger partial charge in [0.2, 0.25) is 0 Å². The fourth-order valence-corrected chi connectivity index (χ4v) is 6.13. The van der Waals surface area contributed by atoms with Gasteiger partial charge < -0.3 is 19.3 Å². The van der Waals surface area contributed by atoms with E-state index in [9.17, 15) is 18.3 Å². The standard InChI is InChI=1S/C16H24O8S/c1-9(2)15(18)23-8-12(17)21-4-5-22-14-13-10-6-16(14,3)7-11(10)25(19,20)24-13/h10-11,13-15,18H,1,4-8H2,2-3H3. The Morgan fingerprint density at radius 1 is 1.40 bits per heavy atom. The van der Waals surface area contributed by atoms with Crippen LogP contribution in [0.3, 0.4) is 0 Å². The summed E-state index contributed by atoms with van der Waals surface area (Å²) in [5.74, 6) is -0.623. The van der Waals surface area contributed by atoms with Gasteiger partial charge in [0.05, 0.1) is 18.0 Å². The molecule has 2 saturated carbocycles. The Kier molecular flexibility index (Phi) is 4.97. The Labute approximate surface area is 147 Å². The molecule has 0 amide bonds. The lowest BCUT2D eigenvalue weighted by Crippen LogP contribution is -2.41. The average Bonchev–Trinajstić information content (AvgIpc) is 3.06. The molecule has 1 saturated heterocycles. The Morgan fingerprint density at radius 3 is 2.80 bits per heavy atom. The molecule has 3 aliphatic rings. The largest absolute Gasteiger partial charge is 0.462 e. The van der Waals surface area contributed by atoms with E-state index < -0.39 is 33.7 Å². The Hall–Kier alpha value is -1.00. The summed E-state index contributed by atoms with van der Waals surface area (Å²) in [5.41, 5.74) is 0.174. The van der Waals surface area contributed by atoms with Crippen LogP contribution in [0.15, 0.2) is 12.2 Å². The van der Waals surface area contributed by atoms with Crippen LogP contribution in [0.4, 0.5) is 0 Å². The molecule has 2 aliphatic carbocycles. The lowest BCUT2D eigenvalue weighted by atomic mass is 9.82. The van der Waals surface area contributed by atoms with Crippen LogP contribution in [0, 0.1) is 11.3 Å². The first-order valence-electron chi connectivity index (χ1n) is 8.28. The van der Waals surface area contributed by atoms with Gasteiger partial charge in [-0.15, -0.1) is 0 Å². The van der Waals surface area contributed by atoms with Gasteiger partial charge in [-0.25, -0.2) is 4.79 Å². The third-order valence-electron chi connectivity index (χ3n) is 5.29. The van der Waals surface area contributed by atoms with E-state index in [0.717, 1.165) is 6.42 Å². The van der Waals surface area contributed by atoms with Crippen LogP contribution in [-0.4, -0.2) is 63.1 Å². The van der Waals surface area contributed by atoms with E-state index in [-0.39, 0.29) is 37.3 Å². The maximum atomic E-state index is 12.0. The first-order valence-corrected chi connectivity index (χ1v) is 9.75. The quantitative estimate of drug-likeness (QED) is 0.213. The van der Waals surface area contributed by atoms with Gasteiger partial charge in [0, 0.05) is 5.92 Å². The number of carbonyl (C=O) groups excluding carboxylic acids is 1. The highest BCUT2D eigenvalue weighted by Crippen LogP contribution is 2.61. The SMILES string of the molecule is C=C(C)C(O)OCC(=O)OCCOC1C2OS(=O)(=O)C3CC1(C)CC23. The van der Waals surface area contributed by atoms with Crippen molar-refractivity contribution in [2.24, 2.45) is 11.3 Å². The number of hydrogen-bond acceptors (Lipinski definition) is 8. The van der Waals surface area contributed by atoms with Gasteiger partial charge in [0.15, 0.2) is 6.29 Å². The summed E-state index contributed by atoms with van der Waals surface area (Å²) in [6.45, 7) is 6.88. The molecule has 9 heteroatoms. The molecule has 2 bridgehead atoms. The lowest BCUT2D eigenvalue weighted by Gasteiger charge is -2.32. The number of hydrogen-bond donors (Lipinski definition) is 1. The van der Waals surface area contributed by atoms with Gasteiger partial charge in [0.1, 0.15) is 19.3 Å². The van der Waals surface area contributed by atoms with Crippen LogP contribution < -0.4 is 0 Å². The van der Waals surface area contributed by atoms with Crippen molar-refractivity contribution in [1.82, 2.24) is 0 Å². The summed E-state index contributed by atoms with van der Waals surface area (Å²) in [6, 6.07) is 0. The van der Waals surface area contributed by atoms with E-state index in [0.29, 0.717) is 12.0 Å². The summed E-state index contributed by atoms with van der Waals surface area (Å²) in [6.07, 6.45) is -0.622. The Balaban J connectivity index is 1.42. The van der Waals surface area contributed by atoms with Gasteiger partial charge >= 0.3 is 5.97 Å². The number of esters is 1. The summed E-state index contributed by atoms with van der Waals surface area (Å²) in [7, 11) is -3.48. The van der Waals surface area contributed by atoms with Gasteiger partial charge in [-0.1, -0.05) is 13.5 Å². The number of carbonyl (C=O) groups is 1. The van der Waals surface area contributed by atoms with Crippen molar-refractivity contribution in [3.63, 3.8) is 0 Å². The minimum atomic E-state index is -3.48. The zero-order valence-corrected chi connectivity index (χ0v) is 15.2. The molecule has 142 valence electrons. The number of aliphatic hydroxyl groups excluding tert-OH is 1. The molecule has 3 rings (SSSR count). The summed E-state index contributed by atoms with van der Waals surface area (Å²) >= 11 is 0. The predicted octanol–water partition coefficient (Wildman–Crippen LogP) is 0.353. The highest BCUT2D eigenvalue weighted by Gasteiger charge is 2.69. The third-order valence-corrected chi connectivity index (χ3v) is 7.04. The van der Waals surface area contributed by atoms with E-state index in [2.05, 4.69) is 6.58 Å². The molecule has 0 aromatic rings. The topological polar surface area (TPSA) is 108 Å². The molecular formula is C16H24O8S.